The molecule has 0 spiro atoms. The van der Waals surface area contributed by atoms with Crippen molar-refractivity contribution in [2.75, 3.05) is 11.9 Å². The molecule has 0 aliphatic carbocycles. The van der Waals surface area contributed by atoms with E-state index in [1.807, 2.05) is 19.1 Å². The molecule has 1 unspecified atom stereocenters. The Labute approximate surface area is 191 Å². The number of imide groups is 1. The number of nitrogens with one attached hydrogen (secondary N) is 3. The highest BCUT2D eigenvalue weighted by Crippen LogP contribution is 2.36. The lowest BCUT2D eigenvalue weighted by molar-refractivity contribution is -0.138. The summed E-state index contributed by atoms with van der Waals surface area (Å²) < 4.78 is 0. The van der Waals surface area contributed by atoms with Gasteiger partial charge in [-0.1, -0.05) is 30.7 Å². The summed E-state index contributed by atoms with van der Waals surface area (Å²) in [4.78, 5) is 48.3. The highest BCUT2D eigenvalue weighted by Gasteiger charge is 2.42. The normalized spacial score (nSPS) is 18.1. The van der Waals surface area contributed by atoms with Crippen LogP contribution in [0.5, 0.6) is 0 Å². The second-order valence-corrected chi connectivity index (χ2v) is 8.24. The highest BCUT2D eigenvalue weighted by atomic mass is 35.5. The van der Waals surface area contributed by atoms with Crippen LogP contribution in [0.4, 0.5) is 5.69 Å². The van der Waals surface area contributed by atoms with E-state index in [-0.39, 0.29) is 30.0 Å². The number of hydrogen-bond acceptors (Lipinski definition) is 4. The van der Waals surface area contributed by atoms with E-state index in [1.165, 1.54) is 0 Å². The first-order valence-corrected chi connectivity index (χ1v) is 11.0. The standard InChI is InChI=1S/C24H26ClN3O4/c1-2-24(14-13-21(30)28-23(24)32)17-7-11-19(12-8-17)27-20(29)4-3-15-26-22(31)16-5-9-18(25)10-6-16/h5-12H,2-4,13-15H2,1H3,(H,26,31)(H,27,29)(H,28,30,32). The molecule has 1 atom stereocenters. The summed E-state index contributed by atoms with van der Waals surface area (Å²) >= 11 is 5.81. The first kappa shape index (κ1) is 23.5. The molecule has 1 fully saturated rings. The van der Waals surface area contributed by atoms with Crippen LogP contribution in [-0.2, 0) is 19.8 Å². The Morgan fingerprint density at radius 2 is 1.75 bits per heavy atom. The first-order chi connectivity index (χ1) is 15.3. The number of amides is 4. The molecule has 0 saturated carbocycles. The molecule has 0 radical (unpaired) electrons. The van der Waals surface area contributed by atoms with Gasteiger partial charge in [-0.05, 0) is 61.2 Å². The average molecular weight is 456 g/mol. The van der Waals surface area contributed by atoms with E-state index in [2.05, 4.69) is 16.0 Å². The van der Waals surface area contributed by atoms with E-state index in [0.717, 1.165) is 5.56 Å². The highest BCUT2D eigenvalue weighted by molar-refractivity contribution is 6.30. The first-order valence-electron chi connectivity index (χ1n) is 10.6. The van der Waals surface area contributed by atoms with Gasteiger partial charge in [-0.2, -0.15) is 0 Å². The van der Waals surface area contributed by atoms with Gasteiger partial charge in [-0.25, -0.2) is 0 Å². The van der Waals surface area contributed by atoms with Crippen molar-refractivity contribution in [3.63, 3.8) is 0 Å². The van der Waals surface area contributed by atoms with Gasteiger partial charge in [-0.3, -0.25) is 24.5 Å². The number of anilines is 1. The quantitative estimate of drug-likeness (QED) is 0.418. The number of piperidine rings is 1. The third kappa shape index (κ3) is 5.53. The summed E-state index contributed by atoms with van der Waals surface area (Å²) in [6, 6.07) is 13.8. The van der Waals surface area contributed by atoms with Crippen LogP contribution in [0.1, 0.15) is 54.9 Å². The molecule has 168 valence electrons. The molecule has 3 rings (SSSR count). The summed E-state index contributed by atoms with van der Waals surface area (Å²) in [5.74, 6) is -0.887. The van der Waals surface area contributed by atoms with E-state index in [1.54, 1.807) is 36.4 Å². The van der Waals surface area contributed by atoms with Crippen LogP contribution in [-0.4, -0.2) is 30.2 Å². The maximum atomic E-state index is 12.5. The Kier molecular flexibility index (Phi) is 7.64. The van der Waals surface area contributed by atoms with Gasteiger partial charge < -0.3 is 10.6 Å². The van der Waals surface area contributed by atoms with E-state index in [4.69, 9.17) is 11.6 Å². The zero-order chi connectivity index (χ0) is 23.1. The number of hydrogen-bond donors (Lipinski definition) is 3. The molecular weight excluding hydrogens is 430 g/mol. The van der Waals surface area contributed by atoms with Gasteiger partial charge in [0, 0.05) is 35.7 Å². The van der Waals surface area contributed by atoms with Crippen molar-refractivity contribution in [1.82, 2.24) is 10.6 Å². The molecular formula is C24H26ClN3O4. The van der Waals surface area contributed by atoms with Crippen molar-refractivity contribution in [3.05, 3.63) is 64.7 Å². The summed E-state index contributed by atoms with van der Waals surface area (Å²) in [7, 11) is 0. The number of benzene rings is 2. The van der Waals surface area contributed by atoms with Gasteiger partial charge in [0.2, 0.25) is 17.7 Å². The van der Waals surface area contributed by atoms with Crippen LogP contribution < -0.4 is 16.0 Å². The van der Waals surface area contributed by atoms with Crippen LogP contribution in [0.15, 0.2) is 48.5 Å². The molecule has 8 heteroatoms. The Morgan fingerprint density at radius 1 is 1.06 bits per heavy atom. The molecule has 4 amide bonds. The molecule has 32 heavy (non-hydrogen) atoms. The van der Waals surface area contributed by atoms with Gasteiger partial charge >= 0.3 is 0 Å². The Bertz CT molecular complexity index is 1000. The molecule has 2 aromatic carbocycles. The van der Waals surface area contributed by atoms with Crippen LogP contribution in [0.25, 0.3) is 0 Å². The van der Waals surface area contributed by atoms with E-state index in [0.29, 0.717) is 48.5 Å². The maximum absolute atomic E-state index is 12.5. The summed E-state index contributed by atoms with van der Waals surface area (Å²) in [6.07, 6.45) is 2.12. The number of carbonyl (C=O) groups is 4. The Hall–Kier alpha value is -3.19. The predicted molar refractivity (Wildman–Crippen MR) is 122 cm³/mol. The number of rotatable bonds is 8. The third-order valence-corrected chi connectivity index (χ3v) is 6.02. The molecule has 7 nitrogen and oxygen atoms in total. The van der Waals surface area contributed by atoms with Crippen molar-refractivity contribution >= 4 is 40.9 Å². The lowest BCUT2D eigenvalue weighted by Gasteiger charge is -2.35. The average Bonchev–Trinajstić information content (AvgIpc) is 2.78. The minimum absolute atomic E-state index is 0.162. The molecule has 1 saturated heterocycles. The summed E-state index contributed by atoms with van der Waals surface area (Å²) in [5, 5.41) is 8.60. The van der Waals surface area contributed by atoms with Gasteiger partial charge in [0.15, 0.2) is 0 Å². The number of halogens is 1. The molecule has 0 bridgehead atoms. The SMILES string of the molecule is CCC1(c2ccc(NC(=O)CCCNC(=O)c3ccc(Cl)cc3)cc2)CCC(=O)NC1=O. The van der Waals surface area contributed by atoms with Crippen LogP contribution in [0, 0.1) is 0 Å². The number of carbonyl (C=O) groups excluding carboxylic acids is 4. The largest absolute Gasteiger partial charge is 0.352 e. The molecule has 2 aromatic rings. The van der Waals surface area contributed by atoms with E-state index in [9.17, 15) is 19.2 Å². The van der Waals surface area contributed by atoms with Gasteiger partial charge in [0.25, 0.3) is 5.91 Å². The van der Waals surface area contributed by atoms with E-state index >= 15 is 0 Å². The monoisotopic (exact) mass is 455 g/mol. The Balaban J connectivity index is 1.47. The zero-order valence-electron chi connectivity index (χ0n) is 17.9. The van der Waals surface area contributed by atoms with Crippen molar-refractivity contribution < 1.29 is 19.2 Å². The second kappa shape index (κ2) is 10.4. The fourth-order valence-electron chi connectivity index (χ4n) is 3.82. The fourth-order valence-corrected chi connectivity index (χ4v) is 3.94. The van der Waals surface area contributed by atoms with Gasteiger partial charge in [-0.15, -0.1) is 0 Å². The minimum atomic E-state index is -0.723. The molecule has 1 aliphatic rings. The van der Waals surface area contributed by atoms with Crippen molar-refractivity contribution in [1.29, 1.82) is 0 Å². The minimum Gasteiger partial charge on any atom is -0.352 e. The molecule has 0 aromatic heterocycles. The molecule has 1 aliphatic heterocycles. The zero-order valence-corrected chi connectivity index (χ0v) is 18.6. The smallest absolute Gasteiger partial charge is 0.251 e. The van der Waals surface area contributed by atoms with Crippen molar-refractivity contribution in [2.24, 2.45) is 0 Å². The fraction of sp³-hybridized carbons (Fsp3) is 0.333. The topological polar surface area (TPSA) is 104 Å². The van der Waals surface area contributed by atoms with Crippen molar-refractivity contribution in [3.8, 4) is 0 Å². The van der Waals surface area contributed by atoms with Crippen LogP contribution in [0.3, 0.4) is 0 Å². The molecule has 3 N–H and O–H groups in total. The Morgan fingerprint density at radius 3 is 2.38 bits per heavy atom. The summed E-state index contributed by atoms with van der Waals surface area (Å²) in [6.45, 7) is 2.30. The van der Waals surface area contributed by atoms with E-state index < -0.39 is 5.41 Å². The van der Waals surface area contributed by atoms with Crippen LogP contribution >= 0.6 is 11.6 Å². The third-order valence-electron chi connectivity index (χ3n) is 5.76. The predicted octanol–water partition coefficient (Wildman–Crippen LogP) is 3.57. The van der Waals surface area contributed by atoms with Gasteiger partial charge in [0.1, 0.15) is 0 Å². The van der Waals surface area contributed by atoms with Gasteiger partial charge in [0.05, 0.1) is 5.41 Å². The molecule has 1 heterocycles. The lowest BCUT2D eigenvalue weighted by Crippen LogP contribution is -2.51. The van der Waals surface area contributed by atoms with Crippen molar-refractivity contribution in [2.45, 2.75) is 44.4 Å². The summed E-state index contributed by atoms with van der Waals surface area (Å²) in [5.41, 5.74) is 1.24. The lowest BCUT2D eigenvalue weighted by atomic mass is 9.72. The second-order valence-electron chi connectivity index (χ2n) is 7.80. The van der Waals surface area contributed by atoms with Crippen LogP contribution in [0.2, 0.25) is 5.02 Å². The maximum Gasteiger partial charge on any atom is 0.251 e.